The normalized spacial score (nSPS) is 18.4. The molecule has 1 aromatic rings. The molecule has 0 atom stereocenters. The van der Waals surface area contributed by atoms with Crippen molar-refractivity contribution in [1.82, 2.24) is 4.90 Å². The molecule has 2 nitrogen and oxygen atoms in total. The van der Waals surface area contributed by atoms with Crippen LogP contribution in [0.1, 0.15) is 12.8 Å². The quantitative estimate of drug-likeness (QED) is 0.813. The van der Waals surface area contributed by atoms with E-state index in [0.717, 1.165) is 38.2 Å². The summed E-state index contributed by atoms with van der Waals surface area (Å²) in [7, 11) is 0. The van der Waals surface area contributed by atoms with Crippen LogP contribution in [0.5, 0.6) is 0 Å². The molecule has 94 valence electrons. The van der Waals surface area contributed by atoms with Gasteiger partial charge in [0.25, 0.3) is 0 Å². The van der Waals surface area contributed by atoms with Crippen molar-refractivity contribution in [3.05, 3.63) is 30.3 Å². The zero-order valence-corrected chi connectivity index (χ0v) is 11.0. The summed E-state index contributed by atoms with van der Waals surface area (Å²) in [5.41, 5.74) is 0. The van der Waals surface area contributed by atoms with E-state index in [2.05, 4.69) is 35.2 Å². The fourth-order valence-corrected chi connectivity index (χ4v) is 3.14. The fraction of sp³-hybridized carbons (Fsp3) is 0.571. The average molecular weight is 251 g/mol. The first-order valence-corrected chi connectivity index (χ1v) is 7.38. The number of nitrogens with zero attached hydrogens (tertiary/aromatic N) is 1. The van der Waals surface area contributed by atoms with Crippen molar-refractivity contribution >= 4 is 11.8 Å². The lowest BCUT2D eigenvalue weighted by Crippen LogP contribution is -2.36. The van der Waals surface area contributed by atoms with E-state index in [0.29, 0.717) is 12.5 Å². The highest BCUT2D eigenvalue weighted by molar-refractivity contribution is 7.99. The summed E-state index contributed by atoms with van der Waals surface area (Å²) >= 11 is 1.93. The number of hydrogen-bond donors (Lipinski definition) is 1. The Morgan fingerprint density at radius 3 is 2.53 bits per heavy atom. The molecular formula is C14H21NOS. The van der Waals surface area contributed by atoms with Crippen LogP contribution in [-0.2, 0) is 0 Å². The molecule has 0 saturated carbocycles. The van der Waals surface area contributed by atoms with Crippen molar-refractivity contribution < 1.29 is 5.11 Å². The third-order valence-electron chi connectivity index (χ3n) is 3.38. The maximum atomic E-state index is 9.08. The second-order valence-corrected chi connectivity index (χ2v) is 5.80. The standard InChI is InChI=1S/C14H21NOS/c16-12-13-6-8-15(9-7-13)10-11-17-14-4-2-1-3-5-14/h1-5,13,16H,6-12H2. The van der Waals surface area contributed by atoms with Gasteiger partial charge in [-0.1, -0.05) is 18.2 Å². The molecule has 1 aliphatic heterocycles. The van der Waals surface area contributed by atoms with Crippen LogP contribution in [0.3, 0.4) is 0 Å². The third-order valence-corrected chi connectivity index (χ3v) is 4.38. The van der Waals surface area contributed by atoms with Crippen molar-refractivity contribution in [2.24, 2.45) is 5.92 Å². The molecule has 1 aliphatic rings. The lowest BCUT2D eigenvalue weighted by atomic mass is 9.98. The molecule has 2 rings (SSSR count). The van der Waals surface area contributed by atoms with E-state index in [4.69, 9.17) is 5.11 Å². The van der Waals surface area contributed by atoms with Crippen LogP contribution >= 0.6 is 11.8 Å². The van der Waals surface area contributed by atoms with Gasteiger partial charge in [-0.2, -0.15) is 0 Å². The van der Waals surface area contributed by atoms with Crippen LogP contribution in [0.4, 0.5) is 0 Å². The zero-order valence-electron chi connectivity index (χ0n) is 10.2. The van der Waals surface area contributed by atoms with Gasteiger partial charge in [0.15, 0.2) is 0 Å². The molecule has 0 aromatic heterocycles. The number of rotatable bonds is 5. The minimum Gasteiger partial charge on any atom is -0.396 e. The Balaban J connectivity index is 1.63. The molecular weight excluding hydrogens is 230 g/mol. The number of thioether (sulfide) groups is 1. The van der Waals surface area contributed by atoms with Gasteiger partial charge in [-0.15, -0.1) is 11.8 Å². The fourth-order valence-electron chi connectivity index (χ4n) is 2.20. The molecule has 1 fully saturated rings. The maximum absolute atomic E-state index is 9.08. The second kappa shape index (κ2) is 7.04. The van der Waals surface area contributed by atoms with Crippen LogP contribution in [0, 0.1) is 5.92 Å². The van der Waals surface area contributed by atoms with Crippen molar-refractivity contribution in [2.75, 3.05) is 32.0 Å². The molecule has 0 spiro atoms. The number of aliphatic hydroxyl groups excluding tert-OH is 1. The van der Waals surface area contributed by atoms with Gasteiger partial charge in [0.05, 0.1) is 0 Å². The Bertz CT molecular complexity index is 309. The Kier molecular flexibility index (Phi) is 5.36. The highest BCUT2D eigenvalue weighted by Crippen LogP contribution is 2.19. The van der Waals surface area contributed by atoms with Crippen molar-refractivity contribution in [1.29, 1.82) is 0 Å². The number of hydrogen-bond acceptors (Lipinski definition) is 3. The third kappa shape index (κ3) is 4.34. The van der Waals surface area contributed by atoms with Gasteiger partial charge in [-0.3, -0.25) is 0 Å². The molecule has 3 heteroatoms. The molecule has 1 aromatic carbocycles. The summed E-state index contributed by atoms with van der Waals surface area (Å²) in [6, 6.07) is 10.6. The Morgan fingerprint density at radius 2 is 1.88 bits per heavy atom. The number of aliphatic hydroxyl groups is 1. The van der Waals surface area contributed by atoms with Crippen LogP contribution < -0.4 is 0 Å². The lowest BCUT2D eigenvalue weighted by molar-refractivity contribution is 0.136. The summed E-state index contributed by atoms with van der Waals surface area (Å²) in [6.07, 6.45) is 2.32. The molecule has 1 heterocycles. The molecule has 0 unspecified atom stereocenters. The molecule has 1 N–H and O–H groups in total. The van der Waals surface area contributed by atoms with Gasteiger partial charge in [0.1, 0.15) is 0 Å². The predicted octanol–water partition coefficient (Wildman–Crippen LogP) is 2.48. The number of piperidine rings is 1. The highest BCUT2D eigenvalue weighted by atomic mass is 32.2. The van der Waals surface area contributed by atoms with Crippen molar-refractivity contribution in [3.8, 4) is 0 Å². The van der Waals surface area contributed by atoms with E-state index in [1.54, 1.807) is 0 Å². The van der Waals surface area contributed by atoms with E-state index < -0.39 is 0 Å². The zero-order chi connectivity index (χ0) is 11.9. The molecule has 0 bridgehead atoms. The largest absolute Gasteiger partial charge is 0.396 e. The summed E-state index contributed by atoms with van der Waals surface area (Å²) in [5, 5.41) is 9.08. The summed E-state index contributed by atoms with van der Waals surface area (Å²) in [4.78, 5) is 3.87. The molecule has 0 amide bonds. The first-order chi connectivity index (χ1) is 8.38. The second-order valence-electron chi connectivity index (χ2n) is 4.63. The summed E-state index contributed by atoms with van der Waals surface area (Å²) in [5.74, 6) is 1.71. The monoisotopic (exact) mass is 251 g/mol. The molecule has 0 radical (unpaired) electrons. The van der Waals surface area contributed by atoms with Gasteiger partial charge >= 0.3 is 0 Å². The first-order valence-electron chi connectivity index (χ1n) is 6.39. The Labute approximate surface area is 108 Å². The number of likely N-dealkylation sites (tertiary alicyclic amines) is 1. The maximum Gasteiger partial charge on any atom is 0.0460 e. The minimum absolute atomic E-state index is 0.368. The van der Waals surface area contributed by atoms with E-state index in [9.17, 15) is 0 Å². The van der Waals surface area contributed by atoms with Crippen LogP contribution in [0.15, 0.2) is 35.2 Å². The topological polar surface area (TPSA) is 23.5 Å². The van der Waals surface area contributed by atoms with E-state index in [1.165, 1.54) is 4.90 Å². The van der Waals surface area contributed by atoms with E-state index >= 15 is 0 Å². The van der Waals surface area contributed by atoms with Crippen LogP contribution in [0.2, 0.25) is 0 Å². The van der Waals surface area contributed by atoms with Gasteiger partial charge in [0, 0.05) is 23.8 Å². The number of benzene rings is 1. The Hall–Kier alpha value is -0.510. The molecule has 1 saturated heterocycles. The minimum atomic E-state index is 0.368. The van der Waals surface area contributed by atoms with Crippen LogP contribution in [-0.4, -0.2) is 42.0 Å². The van der Waals surface area contributed by atoms with Gasteiger partial charge in [-0.05, 0) is 44.0 Å². The summed E-state index contributed by atoms with van der Waals surface area (Å²) < 4.78 is 0. The Morgan fingerprint density at radius 1 is 1.18 bits per heavy atom. The van der Waals surface area contributed by atoms with Crippen molar-refractivity contribution in [3.63, 3.8) is 0 Å². The lowest BCUT2D eigenvalue weighted by Gasteiger charge is -2.30. The van der Waals surface area contributed by atoms with E-state index in [1.807, 2.05) is 11.8 Å². The molecule has 17 heavy (non-hydrogen) atoms. The van der Waals surface area contributed by atoms with Gasteiger partial charge in [0.2, 0.25) is 0 Å². The smallest absolute Gasteiger partial charge is 0.0460 e. The summed E-state index contributed by atoms with van der Waals surface area (Å²) in [6.45, 7) is 3.84. The van der Waals surface area contributed by atoms with Gasteiger partial charge < -0.3 is 10.0 Å². The van der Waals surface area contributed by atoms with Crippen molar-refractivity contribution in [2.45, 2.75) is 17.7 Å². The average Bonchev–Trinajstić information content (AvgIpc) is 2.41. The van der Waals surface area contributed by atoms with Crippen LogP contribution in [0.25, 0.3) is 0 Å². The highest BCUT2D eigenvalue weighted by Gasteiger charge is 2.17. The van der Waals surface area contributed by atoms with Gasteiger partial charge in [-0.25, -0.2) is 0 Å². The predicted molar refractivity (Wildman–Crippen MR) is 73.4 cm³/mol. The molecule has 0 aliphatic carbocycles. The SMILES string of the molecule is OCC1CCN(CCSc2ccccc2)CC1. The first kappa shape index (κ1) is 12.9. The van der Waals surface area contributed by atoms with E-state index in [-0.39, 0.29) is 0 Å².